The summed E-state index contributed by atoms with van der Waals surface area (Å²) in [6, 6.07) is 1.40. The first kappa shape index (κ1) is 12.8. The molecule has 0 aliphatic carbocycles. The van der Waals surface area contributed by atoms with E-state index in [4.69, 9.17) is 16.3 Å². The minimum absolute atomic E-state index is 0.0193. The van der Waals surface area contributed by atoms with Crippen LogP contribution in [-0.4, -0.2) is 48.4 Å². The topological polar surface area (TPSA) is 71.5 Å². The Morgan fingerprint density at radius 2 is 2.22 bits per heavy atom. The lowest BCUT2D eigenvalue weighted by Gasteiger charge is -2.26. The number of piperazine rings is 1. The molecule has 18 heavy (non-hydrogen) atoms. The highest BCUT2D eigenvalue weighted by molar-refractivity contribution is 6.32. The number of aldehydes is 1. The molecule has 1 aliphatic heterocycles. The molecule has 96 valence electrons. The van der Waals surface area contributed by atoms with Gasteiger partial charge in [-0.1, -0.05) is 11.6 Å². The third kappa shape index (κ3) is 2.96. The van der Waals surface area contributed by atoms with Crippen LogP contribution in [0, 0.1) is 0 Å². The summed E-state index contributed by atoms with van der Waals surface area (Å²) in [6.45, 7) is 2.65. The van der Waals surface area contributed by atoms with Crippen LogP contribution in [0.25, 0.3) is 0 Å². The Bertz CT molecular complexity index is 461. The summed E-state index contributed by atoms with van der Waals surface area (Å²) in [5, 5.41) is 3.27. The van der Waals surface area contributed by atoms with Crippen molar-refractivity contribution in [1.29, 1.82) is 0 Å². The van der Waals surface area contributed by atoms with Gasteiger partial charge in [-0.05, 0) is 6.07 Å². The molecule has 1 N–H and O–H groups in total. The Morgan fingerprint density at radius 1 is 1.50 bits per heavy atom. The van der Waals surface area contributed by atoms with Gasteiger partial charge in [-0.2, -0.15) is 0 Å². The number of pyridine rings is 1. The molecule has 0 radical (unpaired) electrons. The predicted molar refractivity (Wildman–Crippen MR) is 65.1 cm³/mol. The second-order valence-corrected chi connectivity index (χ2v) is 4.19. The van der Waals surface area contributed by atoms with E-state index in [9.17, 15) is 9.59 Å². The highest BCUT2D eigenvalue weighted by Gasteiger charge is 2.19. The van der Waals surface area contributed by atoms with Crippen molar-refractivity contribution in [3.8, 4) is 5.88 Å². The van der Waals surface area contributed by atoms with Gasteiger partial charge in [0.25, 0.3) is 0 Å². The van der Waals surface area contributed by atoms with Crippen LogP contribution in [0.15, 0.2) is 12.3 Å². The van der Waals surface area contributed by atoms with Crippen molar-refractivity contribution < 1.29 is 14.3 Å². The number of rotatable bonds is 2. The van der Waals surface area contributed by atoms with E-state index >= 15 is 0 Å². The standard InChI is InChI=1S/C11H12ClN3O3/c12-9-5-8(7-16)6-14-10(9)18-11(17)15-3-1-13-2-4-15/h5-7,13H,1-4H2. The Kier molecular flexibility index (Phi) is 4.11. The van der Waals surface area contributed by atoms with Crippen molar-refractivity contribution in [2.45, 2.75) is 0 Å². The second kappa shape index (κ2) is 5.79. The zero-order valence-corrected chi connectivity index (χ0v) is 10.3. The van der Waals surface area contributed by atoms with Crippen molar-refractivity contribution in [3.63, 3.8) is 0 Å². The summed E-state index contributed by atoms with van der Waals surface area (Å²) in [6.07, 6.45) is 1.45. The highest BCUT2D eigenvalue weighted by atomic mass is 35.5. The van der Waals surface area contributed by atoms with Gasteiger partial charge in [0.15, 0.2) is 6.29 Å². The number of carbonyl (C=O) groups is 2. The number of nitrogens with zero attached hydrogens (tertiary/aromatic N) is 2. The zero-order valence-electron chi connectivity index (χ0n) is 9.56. The number of carbonyl (C=O) groups excluding carboxylic acids is 2. The summed E-state index contributed by atoms with van der Waals surface area (Å²) < 4.78 is 5.08. The molecule has 0 bridgehead atoms. The van der Waals surface area contributed by atoms with Crippen LogP contribution in [0.1, 0.15) is 10.4 Å². The third-order valence-corrected chi connectivity index (χ3v) is 2.79. The quantitative estimate of drug-likeness (QED) is 0.810. The smallest absolute Gasteiger partial charge is 0.389 e. The van der Waals surface area contributed by atoms with Gasteiger partial charge in [-0.3, -0.25) is 4.79 Å². The maximum Gasteiger partial charge on any atom is 0.416 e. The molecule has 0 aromatic carbocycles. The van der Waals surface area contributed by atoms with Gasteiger partial charge in [-0.25, -0.2) is 9.78 Å². The number of nitrogens with one attached hydrogen (secondary N) is 1. The summed E-state index contributed by atoms with van der Waals surface area (Å²) >= 11 is 5.86. The first-order chi connectivity index (χ1) is 8.70. The summed E-state index contributed by atoms with van der Waals surface area (Å²) in [4.78, 5) is 27.7. The highest BCUT2D eigenvalue weighted by Crippen LogP contribution is 2.22. The van der Waals surface area contributed by atoms with Crippen LogP contribution in [0.2, 0.25) is 5.02 Å². The molecule has 1 aromatic heterocycles. The second-order valence-electron chi connectivity index (χ2n) is 3.78. The summed E-state index contributed by atoms with van der Waals surface area (Å²) in [5.74, 6) is 0.0193. The van der Waals surface area contributed by atoms with Crippen molar-refractivity contribution in [2.75, 3.05) is 26.2 Å². The Hall–Kier alpha value is -1.66. The number of hydrogen-bond donors (Lipinski definition) is 1. The van der Waals surface area contributed by atoms with E-state index in [0.29, 0.717) is 24.9 Å². The molecular formula is C11H12ClN3O3. The van der Waals surface area contributed by atoms with Crippen molar-refractivity contribution >= 4 is 24.0 Å². The molecule has 1 amide bonds. The van der Waals surface area contributed by atoms with Crippen LogP contribution in [0.5, 0.6) is 5.88 Å². The summed E-state index contributed by atoms with van der Waals surface area (Å²) in [5.41, 5.74) is 0.335. The SMILES string of the molecule is O=Cc1cnc(OC(=O)N2CCNCC2)c(Cl)c1. The minimum Gasteiger partial charge on any atom is -0.389 e. The average Bonchev–Trinajstić information content (AvgIpc) is 2.42. The lowest BCUT2D eigenvalue weighted by Crippen LogP contribution is -2.47. The molecule has 2 heterocycles. The maximum absolute atomic E-state index is 11.8. The van der Waals surface area contributed by atoms with E-state index in [1.807, 2.05) is 0 Å². The van der Waals surface area contributed by atoms with E-state index in [1.54, 1.807) is 4.90 Å². The van der Waals surface area contributed by atoms with Crippen LogP contribution in [0.3, 0.4) is 0 Å². The largest absolute Gasteiger partial charge is 0.416 e. The first-order valence-corrected chi connectivity index (χ1v) is 5.86. The fourth-order valence-electron chi connectivity index (χ4n) is 1.57. The summed E-state index contributed by atoms with van der Waals surface area (Å²) in [7, 11) is 0. The van der Waals surface area contributed by atoms with Gasteiger partial charge in [-0.15, -0.1) is 0 Å². The van der Waals surface area contributed by atoms with Gasteiger partial charge < -0.3 is 15.0 Å². The molecule has 6 nitrogen and oxygen atoms in total. The van der Waals surface area contributed by atoms with E-state index in [2.05, 4.69) is 10.3 Å². The number of hydrogen-bond acceptors (Lipinski definition) is 5. The Labute approximate surface area is 109 Å². The monoisotopic (exact) mass is 269 g/mol. The van der Waals surface area contributed by atoms with Crippen molar-refractivity contribution in [1.82, 2.24) is 15.2 Å². The Morgan fingerprint density at radius 3 is 2.83 bits per heavy atom. The Balaban J connectivity index is 2.04. The van der Waals surface area contributed by atoms with Gasteiger partial charge in [0.1, 0.15) is 5.02 Å². The lowest BCUT2D eigenvalue weighted by atomic mass is 10.3. The molecule has 0 spiro atoms. The average molecular weight is 270 g/mol. The molecule has 1 saturated heterocycles. The molecule has 1 aliphatic rings. The lowest BCUT2D eigenvalue weighted by molar-refractivity contribution is 0.112. The van der Waals surface area contributed by atoms with Gasteiger partial charge >= 0.3 is 6.09 Å². The van der Waals surface area contributed by atoms with Crippen LogP contribution < -0.4 is 10.1 Å². The number of ether oxygens (including phenoxy) is 1. The van der Waals surface area contributed by atoms with Crippen molar-refractivity contribution in [2.24, 2.45) is 0 Å². The molecule has 0 unspecified atom stereocenters. The van der Waals surface area contributed by atoms with Crippen LogP contribution in [0.4, 0.5) is 4.79 Å². The fraction of sp³-hybridized carbons (Fsp3) is 0.364. The molecule has 1 fully saturated rings. The van der Waals surface area contributed by atoms with E-state index in [0.717, 1.165) is 13.1 Å². The van der Waals surface area contributed by atoms with E-state index < -0.39 is 6.09 Å². The van der Waals surface area contributed by atoms with E-state index in [-0.39, 0.29) is 10.9 Å². The van der Waals surface area contributed by atoms with Crippen molar-refractivity contribution in [3.05, 3.63) is 22.8 Å². The molecule has 0 saturated carbocycles. The molecule has 0 atom stereocenters. The predicted octanol–water partition coefficient (Wildman–Crippen LogP) is 0.952. The van der Waals surface area contributed by atoms with Crippen LogP contribution in [-0.2, 0) is 0 Å². The number of amides is 1. The normalized spacial score (nSPS) is 15.3. The van der Waals surface area contributed by atoms with E-state index in [1.165, 1.54) is 12.3 Å². The van der Waals surface area contributed by atoms with Gasteiger partial charge in [0.2, 0.25) is 5.88 Å². The number of halogens is 1. The minimum atomic E-state index is -0.482. The molecule has 7 heteroatoms. The fourth-order valence-corrected chi connectivity index (χ4v) is 1.79. The molecular weight excluding hydrogens is 258 g/mol. The molecule has 1 aromatic rings. The number of aromatic nitrogens is 1. The van der Waals surface area contributed by atoms with Gasteiger partial charge in [0.05, 0.1) is 0 Å². The molecule has 2 rings (SSSR count). The maximum atomic E-state index is 11.8. The van der Waals surface area contributed by atoms with Gasteiger partial charge in [0, 0.05) is 37.9 Å². The third-order valence-electron chi connectivity index (χ3n) is 2.52. The van der Waals surface area contributed by atoms with Crippen LogP contribution >= 0.6 is 11.6 Å². The zero-order chi connectivity index (χ0) is 13.0. The first-order valence-electron chi connectivity index (χ1n) is 5.49.